The summed E-state index contributed by atoms with van der Waals surface area (Å²) in [6, 6.07) is 3.70. The highest BCUT2D eigenvalue weighted by atomic mass is 79.9. The van der Waals surface area contributed by atoms with E-state index in [9.17, 15) is 8.42 Å². The van der Waals surface area contributed by atoms with E-state index in [4.69, 9.17) is 0 Å². The van der Waals surface area contributed by atoms with Crippen LogP contribution in [0.3, 0.4) is 0 Å². The Kier molecular flexibility index (Phi) is 6.19. The summed E-state index contributed by atoms with van der Waals surface area (Å²) >= 11 is 3.45. The van der Waals surface area contributed by atoms with E-state index in [1.54, 1.807) is 13.1 Å². The van der Waals surface area contributed by atoms with E-state index in [0.717, 1.165) is 15.6 Å². The maximum absolute atomic E-state index is 12.7. The van der Waals surface area contributed by atoms with Crippen LogP contribution >= 0.6 is 15.9 Å². The molecule has 0 bridgehead atoms. The van der Waals surface area contributed by atoms with Gasteiger partial charge in [0.25, 0.3) is 0 Å². The summed E-state index contributed by atoms with van der Waals surface area (Å²) in [6.45, 7) is 6.98. The summed E-state index contributed by atoms with van der Waals surface area (Å²) < 4.78 is 27.6. The average molecular weight is 363 g/mol. The van der Waals surface area contributed by atoms with Crippen molar-refractivity contribution in [3.05, 3.63) is 27.7 Å². The van der Waals surface area contributed by atoms with E-state index in [1.807, 2.05) is 33.9 Å². The Hall–Kier alpha value is -0.430. The molecule has 0 heterocycles. The van der Waals surface area contributed by atoms with Gasteiger partial charge >= 0.3 is 0 Å². The van der Waals surface area contributed by atoms with Crippen molar-refractivity contribution in [1.82, 2.24) is 9.62 Å². The molecule has 0 saturated heterocycles. The molecular formula is C14H23BrN2O2S. The molecular weight excluding hydrogens is 340 g/mol. The molecule has 0 unspecified atom stereocenters. The normalized spacial score (nSPS) is 12.4. The zero-order valence-electron chi connectivity index (χ0n) is 12.7. The first-order valence-corrected chi connectivity index (χ1v) is 8.83. The molecule has 1 aromatic rings. The standard InChI is InChI=1S/C14H23BrN2O2S/c1-10(2)9-17(5)20(18,19)14-7-12(8-16-4)6-13(15)11(14)3/h6-7,10,16H,8-9H2,1-5H3. The van der Waals surface area contributed by atoms with Crippen molar-refractivity contribution in [1.29, 1.82) is 0 Å². The van der Waals surface area contributed by atoms with Crippen LogP contribution in [0.15, 0.2) is 21.5 Å². The Morgan fingerprint density at radius 3 is 2.45 bits per heavy atom. The van der Waals surface area contributed by atoms with Crippen LogP contribution in [0.5, 0.6) is 0 Å². The van der Waals surface area contributed by atoms with Crippen LogP contribution in [0, 0.1) is 12.8 Å². The molecule has 1 aromatic carbocycles. The molecule has 0 saturated carbocycles. The Labute approximate surface area is 130 Å². The van der Waals surface area contributed by atoms with E-state index in [-0.39, 0.29) is 0 Å². The third-order valence-electron chi connectivity index (χ3n) is 3.05. The van der Waals surface area contributed by atoms with E-state index >= 15 is 0 Å². The van der Waals surface area contributed by atoms with E-state index < -0.39 is 10.0 Å². The fourth-order valence-corrected chi connectivity index (χ4v) is 4.33. The molecule has 0 aliphatic rings. The quantitative estimate of drug-likeness (QED) is 0.846. The zero-order chi connectivity index (χ0) is 15.5. The molecule has 0 amide bonds. The Morgan fingerprint density at radius 2 is 1.95 bits per heavy atom. The lowest BCUT2D eigenvalue weighted by molar-refractivity contribution is 0.417. The van der Waals surface area contributed by atoms with Gasteiger partial charge in [-0.15, -0.1) is 0 Å². The van der Waals surface area contributed by atoms with Crippen LogP contribution < -0.4 is 5.32 Å². The molecule has 1 N–H and O–H groups in total. The molecule has 0 radical (unpaired) electrons. The predicted octanol–water partition coefficient (Wildman–Crippen LogP) is 2.75. The maximum atomic E-state index is 12.7. The Balaban J connectivity index is 3.29. The molecule has 0 spiro atoms. The molecule has 0 aliphatic carbocycles. The van der Waals surface area contributed by atoms with Crippen LogP contribution in [0.4, 0.5) is 0 Å². The molecule has 0 atom stereocenters. The van der Waals surface area contributed by atoms with Crippen LogP contribution in [0.2, 0.25) is 0 Å². The summed E-state index contributed by atoms with van der Waals surface area (Å²) in [7, 11) is 0.0200. The van der Waals surface area contributed by atoms with Crippen molar-refractivity contribution < 1.29 is 8.42 Å². The van der Waals surface area contributed by atoms with Gasteiger partial charge in [-0.25, -0.2) is 12.7 Å². The van der Waals surface area contributed by atoms with Crippen molar-refractivity contribution in [2.24, 2.45) is 5.92 Å². The lowest BCUT2D eigenvalue weighted by Crippen LogP contribution is -2.31. The van der Waals surface area contributed by atoms with Gasteiger partial charge in [0.05, 0.1) is 4.90 Å². The minimum atomic E-state index is -3.45. The SMILES string of the molecule is CNCc1cc(Br)c(C)c(S(=O)(=O)N(C)CC(C)C)c1. The van der Waals surface area contributed by atoms with Crippen molar-refractivity contribution in [3.63, 3.8) is 0 Å². The number of sulfonamides is 1. The van der Waals surface area contributed by atoms with Gasteiger partial charge in [-0.3, -0.25) is 0 Å². The van der Waals surface area contributed by atoms with Crippen molar-refractivity contribution >= 4 is 26.0 Å². The van der Waals surface area contributed by atoms with Gasteiger partial charge in [-0.2, -0.15) is 0 Å². The second-order valence-corrected chi connectivity index (χ2v) is 8.28. The molecule has 0 aromatic heterocycles. The first-order chi connectivity index (χ1) is 9.20. The number of nitrogens with zero attached hydrogens (tertiary/aromatic N) is 1. The lowest BCUT2D eigenvalue weighted by atomic mass is 10.1. The van der Waals surface area contributed by atoms with Crippen molar-refractivity contribution in [2.75, 3.05) is 20.6 Å². The summed E-state index contributed by atoms with van der Waals surface area (Å²) in [5.74, 6) is 0.291. The van der Waals surface area contributed by atoms with E-state index in [1.165, 1.54) is 4.31 Å². The molecule has 1 rings (SSSR count). The molecule has 114 valence electrons. The largest absolute Gasteiger partial charge is 0.316 e. The Bertz CT molecular complexity index is 571. The average Bonchev–Trinajstić information content (AvgIpc) is 2.32. The zero-order valence-corrected chi connectivity index (χ0v) is 15.1. The van der Waals surface area contributed by atoms with Crippen molar-refractivity contribution in [3.8, 4) is 0 Å². The topological polar surface area (TPSA) is 49.4 Å². The first-order valence-electron chi connectivity index (χ1n) is 6.60. The highest BCUT2D eigenvalue weighted by molar-refractivity contribution is 9.10. The number of hydrogen-bond donors (Lipinski definition) is 1. The predicted molar refractivity (Wildman–Crippen MR) is 86.3 cm³/mol. The van der Waals surface area contributed by atoms with Crippen LogP contribution in [0.1, 0.15) is 25.0 Å². The number of benzene rings is 1. The smallest absolute Gasteiger partial charge is 0.243 e. The lowest BCUT2D eigenvalue weighted by Gasteiger charge is -2.21. The fraction of sp³-hybridized carbons (Fsp3) is 0.571. The van der Waals surface area contributed by atoms with Gasteiger partial charge in [0.15, 0.2) is 0 Å². The summed E-state index contributed by atoms with van der Waals surface area (Å²) in [4.78, 5) is 0.375. The summed E-state index contributed by atoms with van der Waals surface area (Å²) in [5.41, 5.74) is 1.70. The molecule has 4 nitrogen and oxygen atoms in total. The minimum absolute atomic E-state index is 0.291. The third-order valence-corrected chi connectivity index (χ3v) is 5.82. The van der Waals surface area contributed by atoms with Crippen molar-refractivity contribution in [2.45, 2.75) is 32.2 Å². The van der Waals surface area contributed by atoms with Gasteiger partial charge < -0.3 is 5.32 Å². The second-order valence-electron chi connectivity index (χ2n) is 5.41. The number of nitrogens with one attached hydrogen (secondary N) is 1. The highest BCUT2D eigenvalue weighted by Gasteiger charge is 2.24. The molecule has 6 heteroatoms. The van der Waals surface area contributed by atoms with E-state index in [2.05, 4.69) is 21.2 Å². The van der Waals surface area contributed by atoms with Gasteiger partial charge in [0.2, 0.25) is 10.0 Å². The summed E-state index contributed by atoms with van der Waals surface area (Å²) in [6.07, 6.45) is 0. The summed E-state index contributed by atoms with van der Waals surface area (Å²) in [5, 5.41) is 3.04. The van der Waals surface area contributed by atoms with Crippen LogP contribution in [-0.4, -0.2) is 33.4 Å². The van der Waals surface area contributed by atoms with Crippen LogP contribution in [-0.2, 0) is 16.6 Å². The third kappa shape index (κ3) is 4.04. The van der Waals surface area contributed by atoms with Gasteiger partial charge in [0, 0.05) is 24.6 Å². The van der Waals surface area contributed by atoms with Gasteiger partial charge in [-0.1, -0.05) is 29.8 Å². The monoisotopic (exact) mass is 362 g/mol. The second kappa shape index (κ2) is 7.02. The number of rotatable bonds is 6. The number of hydrogen-bond acceptors (Lipinski definition) is 3. The first kappa shape index (κ1) is 17.6. The molecule has 0 fully saturated rings. The van der Waals surface area contributed by atoms with E-state index in [0.29, 0.717) is 23.9 Å². The fourth-order valence-electron chi connectivity index (χ4n) is 2.06. The number of halogens is 1. The molecule has 20 heavy (non-hydrogen) atoms. The van der Waals surface area contributed by atoms with Gasteiger partial charge in [-0.05, 0) is 43.1 Å². The van der Waals surface area contributed by atoms with Crippen LogP contribution in [0.25, 0.3) is 0 Å². The molecule has 0 aliphatic heterocycles. The Morgan fingerprint density at radius 1 is 1.35 bits per heavy atom. The van der Waals surface area contributed by atoms with Gasteiger partial charge in [0.1, 0.15) is 0 Å². The highest BCUT2D eigenvalue weighted by Crippen LogP contribution is 2.28. The maximum Gasteiger partial charge on any atom is 0.243 e. The minimum Gasteiger partial charge on any atom is -0.316 e.